The zero-order valence-corrected chi connectivity index (χ0v) is 14.0. The quantitative estimate of drug-likeness (QED) is 0.714. The molecule has 0 bridgehead atoms. The summed E-state index contributed by atoms with van der Waals surface area (Å²) in [5.74, 6) is 0.836. The van der Waals surface area contributed by atoms with E-state index in [9.17, 15) is 0 Å². The van der Waals surface area contributed by atoms with Crippen molar-refractivity contribution < 1.29 is 0 Å². The highest BCUT2D eigenvalue weighted by Gasteiger charge is 2.38. The number of rotatable bonds is 8. The standard InChI is InChI=1S/C17H36N2/c1-6-10-15(5)12-19-13-16(11-7-2)18-14-17(19,8-3)9-4/h15-16,18H,6-14H2,1-5H3. The maximum absolute atomic E-state index is 3.81. The second-order valence-electron chi connectivity index (χ2n) is 6.60. The number of nitrogens with one attached hydrogen (secondary N) is 1. The van der Waals surface area contributed by atoms with E-state index in [-0.39, 0.29) is 0 Å². The average Bonchev–Trinajstić information content (AvgIpc) is 2.40. The molecule has 2 atom stereocenters. The van der Waals surface area contributed by atoms with Crippen molar-refractivity contribution in [3.8, 4) is 0 Å². The van der Waals surface area contributed by atoms with Gasteiger partial charge in [-0.2, -0.15) is 0 Å². The maximum atomic E-state index is 3.81. The first-order valence-corrected chi connectivity index (χ1v) is 8.60. The Hall–Kier alpha value is -0.0800. The monoisotopic (exact) mass is 268 g/mol. The van der Waals surface area contributed by atoms with E-state index < -0.39 is 0 Å². The first-order chi connectivity index (χ1) is 9.11. The van der Waals surface area contributed by atoms with Gasteiger partial charge in [-0.25, -0.2) is 0 Å². The molecule has 1 rings (SSSR count). The zero-order valence-electron chi connectivity index (χ0n) is 14.0. The second kappa shape index (κ2) is 8.26. The van der Waals surface area contributed by atoms with Crippen molar-refractivity contribution in [3.63, 3.8) is 0 Å². The lowest BCUT2D eigenvalue weighted by molar-refractivity contribution is 0.0179. The Morgan fingerprint density at radius 1 is 1.16 bits per heavy atom. The fourth-order valence-electron chi connectivity index (χ4n) is 3.69. The van der Waals surface area contributed by atoms with Crippen molar-refractivity contribution in [2.45, 2.75) is 84.7 Å². The minimum absolute atomic E-state index is 0.409. The van der Waals surface area contributed by atoms with E-state index in [1.54, 1.807) is 0 Å². The minimum atomic E-state index is 0.409. The number of piperazine rings is 1. The molecule has 0 aromatic heterocycles. The SMILES string of the molecule is CCCC(C)CN1CC(CCC)NCC1(CC)CC. The first kappa shape index (κ1) is 17.0. The number of hydrogen-bond donors (Lipinski definition) is 1. The fourth-order valence-corrected chi connectivity index (χ4v) is 3.69. The highest BCUT2D eigenvalue weighted by molar-refractivity contribution is 4.97. The van der Waals surface area contributed by atoms with Gasteiger partial charge < -0.3 is 5.32 Å². The third kappa shape index (κ3) is 4.46. The maximum Gasteiger partial charge on any atom is 0.0329 e. The smallest absolute Gasteiger partial charge is 0.0329 e. The molecule has 0 aromatic rings. The van der Waals surface area contributed by atoms with E-state index in [1.165, 1.54) is 58.2 Å². The first-order valence-electron chi connectivity index (χ1n) is 8.60. The molecule has 1 aliphatic rings. The Morgan fingerprint density at radius 3 is 2.37 bits per heavy atom. The third-order valence-electron chi connectivity index (χ3n) is 5.10. The summed E-state index contributed by atoms with van der Waals surface area (Å²) in [7, 11) is 0. The molecule has 0 radical (unpaired) electrons. The van der Waals surface area contributed by atoms with Gasteiger partial charge in [-0.3, -0.25) is 4.90 Å². The van der Waals surface area contributed by atoms with Gasteiger partial charge in [0.05, 0.1) is 0 Å². The van der Waals surface area contributed by atoms with E-state index in [2.05, 4.69) is 44.8 Å². The molecule has 2 heteroatoms. The topological polar surface area (TPSA) is 15.3 Å². The summed E-state index contributed by atoms with van der Waals surface area (Å²) in [6, 6.07) is 0.713. The van der Waals surface area contributed by atoms with Crippen LogP contribution in [-0.4, -0.2) is 36.1 Å². The van der Waals surface area contributed by atoms with Gasteiger partial charge in [0, 0.05) is 31.2 Å². The van der Waals surface area contributed by atoms with Crippen molar-refractivity contribution >= 4 is 0 Å². The van der Waals surface area contributed by atoms with E-state index >= 15 is 0 Å². The Labute approximate surface area is 121 Å². The lowest BCUT2D eigenvalue weighted by Gasteiger charge is -2.50. The van der Waals surface area contributed by atoms with Crippen LogP contribution in [0.5, 0.6) is 0 Å². The Kier molecular flexibility index (Phi) is 7.38. The van der Waals surface area contributed by atoms with Crippen LogP contribution in [-0.2, 0) is 0 Å². The van der Waals surface area contributed by atoms with E-state index in [1.807, 2.05) is 0 Å². The molecule has 0 saturated carbocycles. The summed E-state index contributed by atoms with van der Waals surface area (Å²) in [5.41, 5.74) is 0.409. The molecule has 1 saturated heterocycles. The summed E-state index contributed by atoms with van der Waals surface area (Å²) in [5, 5.41) is 3.81. The fraction of sp³-hybridized carbons (Fsp3) is 1.00. The van der Waals surface area contributed by atoms with Gasteiger partial charge in [-0.1, -0.05) is 47.5 Å². The van der Waals surface area contributed by atoms with Crippen LogP contribution in [0, 0.1) is 5.92 Å². The molecule has 19 heavy (non-hydrogen) atoms. The highest BCUT2D eigenvalue weighted by atomic mass is 15.3. The molecule has 2 nitrogen and oxygen atoms in total. The van der Waals surface area contributed by atoms with Crippen molar-refractivity contribution in [3.05, 3.63) is 0 Å². The predicted molar refractivity (Wildman–Crippen MR) is 85.7 cm³/mol. The molecule has 0 aromatic carbocycles. The van der Waals surface area contributed by atoms with Crippen LogP contribution in [0.3, 0.4) is 0 Å². The van der Waals surface area contributed by atoms with Crippen LogP contribution >= 0.6 is 0 Å². The molecule has 0 aliphatic carbocycles. The van der Waals surface area contributed by atoms with Crippen LogP contribution in [0.1, 0.15) is 73.1 Å². The third-order valence-corrected chi connectivity index (χ3v) is 5.10. The Morgan fingerprint density at radius 2 is 1.84 bits per heavy atom. The zero-order chi connectivity index (χ0) is 14.3. The molecule has 2 unspecified atom stereocenters. The molecule has 1 fully saturated rings. The molecule has 114 valence electrons. The molecule has 1 heterocycles. The highest BCUT2D eigenvalue weighted by Crippen LogP contribution is 2.29. The lowest BCUT2D eigenvalue weighted by atomic mass is 9.85. The van der Waals surface area contributed by atoms with Crippen molar-refractivity contribution in [1.82, 2.24) is 10.2 Å². The van der Waals surface area contributed by atoms with E-state index in [4.69, 9.17) is 0 Å². The van der Waals surface area contributed by atoms with Gasteiger partial charge in [-0.05, 0) is 31.6 Å². The number of nitrogens with zero attached hydrogens (tertiary/aromatic N) is 1. The normalized spacial score (nSPS) is 25.4. The van der Waals surface area contributed by atoms with Gasteiger partial charge in [0.1, 0.15) is 0 Å². The van der Waals surface area contributed by atoms with Crippen LogP contribution in [0.25, 0.3) is 0 Å². The van der Waals surface area contributed by atoms with Crippen LogP contribution in [0.15, 0.2) is 0 Å². The van der Waals surface area contributed by atoms with Gasteiger partial charge in [-0.15, -0.1) is 0 Å². The Balaban J connectivity index is 2.70. The van der Waals surface area contributed by atoms with Gasteiger partial charge in [0.25, 0.3) is 0 Å². The van der Waals surface area contributed by atoms with Crippen molar-refractivity contribution in [2.24, 2.45) is 5.92 Å². The summed E-state index contributed by atoms with van der Waals surface area (Å²) >= 11 is 0. The molecule has 1 aliphatic heterocycles. The molecule has 1 N–H and O–H groups in total. The predicted octanol–water partition coefficient (Wildman–Crippen LogP) is 4.06. The largest absolute Gasteiger partial charge is 0.311 e. The molecule has 0 amide bonds. The second-order valence-corrected chi connectivity index (χ2v) is 6.60. The summed E-state index contributed by atoms with van der Waals surface area (Å²) < 4.78 is 0. The summed E-state index contributed by atoms with van der Waals surface area (Å²) in [6.45, 7) is 15.5. The molecular formula is C17H36N2. The van der Waals surface area contributed by atoms with Crippen molar-refractivity contribution in [1.29, 1.82) is 0 Å². The van der Waals surface area contributed by atoms with Gasteiger partial charge >= 0.3 is 0 Å². The summed E-state index contributed by atoms with van der Waals surface area (Å²) in [6.07, 6.45) is 7.84. The summed E-state index contributed by atoms with van der Waals surface area (Å²) in [4.78, 5) is 2.82. The average molecular weight is 268 g/mol. The van der Waals surface area contributed by atoms with Crippen molar-refractivity contribution in [2.75, 3.05) is 19.6 Å². The van der Waals surface area contributed by atoms with Gasteiger partial charge in [0.2, 0.25) is 0 Å². The minimum Gasteiger partial charge on any atom is -0.311 e. The number of hydrogen-bond acceptors (Lipinski definition) is 2. The van der Waals surface area contributed by atoms with Gasteiger partial charge in [0.15, 0.2) is 0 Å². The van der Waals surface area contributed by atoms with Crippen LogP contribution < -0.4 is 5.32 Å². The lowest BCUT2D eigenvalue weighted by Crippen LogP contribution is -2.64. The van der Waals surface area contributed by atoms with E-state index in [0.29, 0.717) is 11.6 Å². The van der Waals surface area contributed by atoms with Crippen LogP contribution in [0.4, 0.5) is 0 Å². The molecular weight excluding hydrogens is 232 g/mol. The Bertz CT molecular complexity index is 233. The van der Waals surface area contributed by atoms with Crippen LogP contribution in [0.2, 0.25) is 0 Å². The molecule has 0 spiro atoms. The van der Waals surface area contributed by atoms with E-state index in [0.717, 1.165) is 5.92 Å².